The maximum absolute atomic E-state index is 11.7. The van der Waals surface area contributed by atoms with E-state index < -0.39 is 15.5 Å². The molecule has 0 aliphatic rings. The third-order valence-electron chi connectivity index (χ3n) is 5.19. The van der Waals surface area contributed by atoms with Crippen LogP contribution in [0.3, 0.4) is 0 Å². The number of benzene rings is 3. The zero-order valence-electron chi connectivity index (χ0n) is 17.2. The van der Waals surface area contributed by atoms with Gasteiger partial charge in [0, 0.05) is 17.4 Å². The van der Waals surface area contributed by atoms with Gasteiger partial charge in [0.1, 0.15) is 16.7 Å². The number of pyridine rings is 1. The van der Waals surface area contributed by atoms with Crippen LogP contribution in [0.25, 0.3) is 33.5 Å². The summed E-state index contributed by atoms with van der Waals surface area (Å²) < 4.78 is 5.82. The summed E-state index contributed by atoms with van der Waals surface area (Å²) in [5, 5.41) is 26.3. The van der Waals surface area contributed by atoms with Crippen LogP contribution >= 0.6 is 0 Å². The molecule has 0 saturated heterocycles. The maximum Gasteiger partial charge on any atom is 0.301 e. The fraction of sp³-hybridized carbons (Fsp3) is 0.0435. The summed E-state index contributed by atoms with van der Waals surface area (Å²) in [4.78, 5) is 30.5. The van der Waals surface area contributed by atoms with E-state index in [4.69, 9.17) is 4.42 Å². The zero-order valence-corrected chi connectivity index (χ0v) is 17.2. The Morgan fingerprint density at radius 1 is 0.939 bits per heavy atom. The molecular formula is C23H15N5O5. The number of aryl methyl sites for hydroxylation is 1. The standard InChI is InChI=1S/C23H15N5O5/c1-13-4-9-20-17(11-13)26-23(33-20)14-5-7-15(8-6-14)25-22-19(28(31)32)12-18(27(29)30)16-3-2-10-24-21(16)22/h2-12,25H,1H3. The van der Waals surface area contributed by atoms with Crippen molar-refractivity contribution in [1.29, 1.82) is 0 Å². The van der Waals surface area contributed by atoms with Gasteiger partial charge in [-0.05, 0) is 61.0 Å². The number of hydrogen-bond donors (Lipinski definition) is 1. The van der Waals surface area contributed by atoms with Crippen molar-refractivity contribution in [3.8, 4) is 11.5 Å². The minimum atomic E-state index is -0.669. The molecule has 0 aliphatic carbocycles. The third-order valence-corrected chi connectivity index (χ3v) is 5.19. The molecule has 5 rings (SSSR count). The van der Waals surface area contributed by atoms with Crippen molar-refractivity contribution < 1.29 is 14.3 Å². The Hall–Kier alpha value is -4.86. The molecule has 162 valence electrons. The van der Waals surface area contributed by atoms with Crippen molar-refractivity contribution in [1.82, 2.24) is 9.97 Å². The Morgan fingerprint density at radius 3 is 2.42 bits per heavy atom. The summed E-state index contributed by atoms with van der Waals surface area (Å²) in [5.41, 5.74) is 3.17. The minimum Gasteiger partial charge on any atom is -0.436 e. The lowest BCUT2D eigenvalue weighted by atomic mass is 10.1. The molecule has 0 amide bonds. The van der Waals surface area contributed by atoms with E-state index in [1.165, 1.54) is 12.3 Å². The maximum atomic E-state index is 11.7. The number of aromatic nitrogens is 2. The molecule has 0 radical (unpaired) electrons. The van der Waals surface area contributed by atoms with Gasteiger partial charge in [-0.15, -0.1) is 0 Å². The Bertz CT molecular complexity index is 1560. The second-order valence-corrected chi connectivity index (χ2v) is 7.40. The molecule has 0 fully saturated rings. The first-order chi connectivity index (χ1) is 15.9. The zero-order chi connectivity index (χ0) is 23.1. The number of nitro groups is 2. The van der Waals surface area contributed by atoms with Crippen LogP contribution in [0.1, 0.15) is 5.56 Å². The van der Waals surface area contributed by atoms with Gasteiger partial charge in [0.15, 0.2) is 5.58 Å². The normalized spacial score (nSPS) is 11.1. The number of hydrogen-bond acceptors (Lipinski definition) is 8. The fourth-order valence-electron chi connectivity index (χ4n) is 3.63. The molecule has 0 spiro atoms. The highest BCUT2D eigenvalue weighted by Crippen LogP contribution is 2.39. The summed E-state index contributed by atoms with van der Waals surface area (Å²) in [6.45, 7) is 1.98. The monoisotopic (exact) mass is 441 g/mol. The molecule has 2 heterocycles. The predicted molar refractivity (Wildman–Crippen MR) is 123 cm³/mol. The molecule has 2 aromatic heterocycles. The summed E-state index contributed by atoms with van der Waals surface area (Å²) in [7, 11) is 0. The summed E-state index contributed by atoms with van der Waals surface area (Å²) >= 11 is 0. The molecule has 0 bridgehead atoms. The largest absolute Gasteiger partial charge is 0.436 e. The van der Waals surface area contributed by atoms with Gasteiger partial charge in [-0.2, -0.15) is 0 Å². The molecule has 3 aromatic carbocycles. The number of nitrogens with one attached hydrogen (secondary N) is 1. The van der Waals surface area contributed by atoms with Gasteiger partial charge in [-0.25, -0.2) is 4.98 Å². The summed E-state index contributed by atoms with van der Waals surface area (Å²) in [6, 6.07) is 16.7. The molecule has 1 N–H and O–H groups in total. The van der Waals surface area contributed by atoms with Crippen molar-refractivity contribution in [3.05, 3.63) is 92.7 Å². The van der Waals surface area contributed by atoms with Crippen molar-refractivity contribution in [2.45, 2.75) is 6.92 Å². The molecule has 10 nitrogen and oxygen atoms in total. The first-order valence-electron chi connectivity index (χ1n) is 9.86. The van der Waals surface area contributed by atoms with Gasteiger partial charge >= 0.3 is 5.69 Å². The van der Waals surface area contributed by atoms with Gasteiger partial charge in [-0.3, -0.25) is 25.2 Å². The summed E-state index contributed by atoms with van der Waals surface area (Å²) in [6.07, 6.45) is 1.43. The van der Waals surface area contributed by atoms with E-state index in [2.05, 4.69) is 15.3 Å². The molecule has 0 saturated carbocycles. The van der Waals surface area contributed by atoms with Crippen molar-refractivity contribution >= 4 is 44.8 Å². The highest BCUT2D eigenvalue weighted by molar-refractivity contribution is 6.02. The molecular weight excluding hydrogens is 426 g/mol. The van der Waals surface area contributed by atoms with Gasteiger partial charge in [0.2, 0.25) is 5.89 Å². The number of rotatable bonds is 5. The van der Waals surface area contributed by atoms with Crippen molar-refractivity contribution in [3.63, 3.8) is 0 Å². The average Bonchev–Trinajstić information content (AvgIpc) is 3.22. The third kappa shape index (κ3) is 3.59. The van der Waals surface area contributed by atoms with Gasteiger partial charge in [0.05, 0.1) is 21.3 Å². The van der Waals surface area contributed by atoms with Crippen LogP contribution in [0, 0.1) is 27.2 Å². The molecule has 10 heteroatoms. The quantitative estimate of drug-likeness (QED) is 0.262. The highest BCUT2D eigenvalue weighted by atomic mass is 16.6. The number of anilines is 2. The van der Waals surface area contributed by atoms with Crippen LogP contribution in [0.5, 0.6) is 0 Å². The number of nitrogens with zero attached hydrogens (tertiary/aromatic N) is 4. The van der Waals surface area contributed by atoms with E-state index in [-0.39, 0.29) is 22.3 Å². The van der Waals surface area contributed by atoms with E-state index in [0.29, 0.717) is 17.2 Å². The molecule has 0 unspecified atom stereocenters. The summed E-state index contributed by atoms with van der Waals surface area (Å²) in [5.74, 6) is 0.454. The first-order valence-corrected chi connectivity index (χ1v) is 9.86. The van der Waals surface area contributed by atoms with Crippen molar-refractivity contribution in [2.75, 3.05) is 5.32 Å². The highest BCUT2D eigenvalue weighted by Gasteiger charge is 2.26. The Balaban J connectivity index is 1.54. The molecule has 0 atom stereocenters. The van der Waals surface area contributed by atoms with Crippen LogP contribution in [-0.4, -0.2) is 19.8 Å². The van der Waals surface area contributed by atoms with Crippen LogP contribution in [-0.2, 0) is 0 Å². The minimum absolute atomic E-state index is 0.0753. The lowest BCUT2D eigenvalue weighted by molar-refractivity contribution is -0.392. The molecule has 33 heavy (non-hydrogen) atoms. The van der Waals surface area contributed by atoms with Crippen LogP contribution in [0.2, 0.25) is 0 Å². The van der Waals surface area contributed by atoms with E-state index in [0.717, 1.165) is 22.7 Å². The lowest BCUT2D eigenvalue weighted by Crippen LogP contribution is -2.02. The number of fused-ring (bicyclic) bond motifs is 2. The number of non-ortho nitro benzene ring substituents is 1. The molecule has 0 aliphatic heterocycles. The number of nitro benzene ring substituents is 2. The first kappa shape index (κ1) is 20.1. The average molecular weight is 441 g/mol. The predicted octanol–water partition coefficient (Wildman–Crippen LogP) is 5.91. The Kier molecular flexibility index (Phi) is 4.67. The van der Waals surface area contributed by atoms with E-state index in [1.54, 1.807) is 30.3 Å². The Labute approximate surface area is 185 Å². The SMILES string of the molecule is Cc1ccc2oc(-c3ccc(Nc4c([N+](=O)[O-])cc([N+](=O)[O-])c5cccnc45)cc3)nc2c1. The van der Waals surface area contributed by atoms with Gasteiger partial charge in [0.25, 0.3) is 5.69 Å². The second kappa shape index (κ2) is 7.68. The smallest absolute Gasteiger partial charge is 0.301 e. The van der Waals surface area contributed by atoms with Crippen LogP contribution in [0.15, 0.2) is 71.3 Å². The fourth-order valence-corrected chi connectivity index (χ4v) is 3.63. The van der Waals surface area contributed by atoms with E-state index in [9.17, 15) is 20.2 Å². The van der Waals surface area contributed by atoms with Crippen LogP contribution in [0.4, 0.5) is 22.7 Å². The topological polar surface area (TPSA) is 137 Å². The van der Waals surface area contributed by atoms with Gasteiger partial charge in [-0.1, -0.05) is 6.07 Å². The van der Waals surface area contributed by atoms with Crippen molar-refractivity contribution in [2.24, 2.45) is 0 Å². The number of oxazole rings is 1. The van der Waals surface area contributed by atoms with Gasteiger partial charge < -0.3 is 9.73 Å². The lowest BCUT2D eigenvalue weighted by Gasteiger charge is -2.10. The van der Waals surface area contributed by atoms with E-state index >= 15 is 0 Å². The van der Waals surface area contributed by atoms with Crippen LogP contribution < -0.4 is 5.32 Å². The molecule has 5 aromatic rings. The second-order valence-electron chi connectivity index (χ2n) is 7.40. The Morgan fingerprint density at radius 2 is 1.70 bits per heavy atom. The van der Waals surface area contributed by atoms with E-state index in [1.807, 2.05) is 25.1 Å².